The van der Waals surface area contributed by atoms with Gasteiger partial charge in [-0.25, -0.2) is 8.42 Å². The molecule has 1 amide bonds. The Bertz CT molecular complexity index is 776. The average molecular weight is 423 g/mol. The number of carbonyl (C=O) groups excluding carboxylic acids is 1. The largest absolute Gasteiger partial charge is 0.349 e. The van der Waals surface area contributed by atoms with Gasteiger partial charge in [0.05, 0.1) is 24.5 Å². The van der Waals surface area contributed by atoms with E-state index in [1.165, 1.54) is 13.0 Å². The molecular formula is C22H36N3O3S+. The van der Waals surface area contributed by atoms with Gasteiger partial charge in [0.25, 0.3) is 5.91 Å². The number of hydrogen-bond donors (Lipinski definition) is 2. The second-order valence-electron chi connectivity index (χ2n) is 9.04. The Kier molecular flexibility index (Phi) is 7.35. The van der Waals surface area contributed by atoms with Gasteiger partial charge >= 0.3 is 0 Å². The summed E-state index contributed by atoms with van der Waals surface area (Å²) in [6.45, 7) is 10.9. The molecule has 0 aromatic heterocycles. The van der Waals surface area contributed by atoms with Crippen LogP contribution in [-0.4, -0.2) is 57.4 Å². The van der Waals surface area contributed by atoms with Crippen molar-refractivity contribution in [3.05, 3.63) is 29.8 Å². The monoisotopic (exact) mass is 422 g/mol. The number of carbonyl (C=O) groups is 1. The highest BCUT2D eigenvalue weighted by molar-refractivity contribution is 7.89. The lowest BCUT2D eigenvalue weighted by Crippen LogP contribution is -3.13. The summed E-state index contributed by atoms with van der Waals surface area (Å²) in [5.41, 5.74) is 0.521. The van der Waals surface area contributed by atoms with Gasteiger partial charge in [-0.15, -0.1) is 0 Å². The molecule has 1 aromatic carbocycles. The molecule has 2 heterocycles. The first-order valence-corrected chi connectivity index (χ1v) is 12.5. The summed E-state index contributed by atoms with van der Waals surface area (Å²) in [6.07, 6.45) is 4.25. The molecule has 0 bridgehead atoms. The fourth-order valence-electron chi connectivity index (χ4n) is 4.77. The Morgan fingerprint density at radius 1 is 1.10 bits per heavy atom. The quantitative estimate of drug-likeness (QED) is 0.731. The molecule has 0 radical (unpaired) electrons. The predicted molar refractivity (Wildman–Crippen MR) is 114 cm³/mol. The van der Waals surface area contributed by atoms with Crippen molar-refractivity contribution >= 4 is 15.9 Å². The van der Waals surface area contributed by atoms with E-state index < -0.39 is 10.0 Å². The maximum absolute atomic E-state index is 13.0. The topological polar surface area (TPSA) is 70.9 Å². The standard InChI is InChI=1S/C22H35N3O3S/c1-4-11-24-12-9-20(10-13-24)23-22(26)19-5-7-21(8-6-19)29(27,28)25-15-17(2)14-18(3)16-25/h5-8,17-18,20H,4,9-16H2,1-3H3,(H,23,26)/p+1/t17-,18-/m0/s1. The summed E-state index contributed by atoms with van der Waals surface area (Å²) in [6, 6.07) is 6.62. The highest BCUT2D eigenvalue weighted by atomic mass is 32.2. The van der Waals surface area contributed by atoms with Crippen LogP contribution >= 0.6 is 0 Å². The molecule has 0 unspecified atom stereocenters. The Hall–Kier alpha value is -1.44. The van der Waals surface area contributed by atoms with E-state index in [0.717, 1.165) is 32.4 Å². The van der Waals surface area contributed by atoms with E-state index in [0.29, 0.717) is 30.5 Å². The Labute approximate surface area is 175 Å². The second-order valence-corrected chi connectivity index (χ2v) is 11.0. The number of piperidine rings is 2. The molecule has 6 nitrogen and oxygen atoms in total. The van der Waals surface area contributed by atoms with Crippen molar-refractivity contribution in [2.45, 2.75) is 57.4 Å². The molecular weight excluding hydrogens is 386 g/mol. The number of hydrogen-bond acceptors (Lipinski definition) is 3. The molecule has 2 aliphatic heterocycles. The summed E-state index contributed by atoms with van der Waals surface area (Å²) >= 11 is 0. The predicted octanol–water partition coefficient (Wildman–Crippen LogP) is 1.54. The van der Waals surface area contributed by atoms with Gasteiger partial charge in [0.15, 0.2) is 0 Å². The number of rotatable bonds is 6. The van der Waals surface area contributed by atoms with E-state index in [4.69, 9.17) is 0 Å². The van der Waals surface area contributed by atoms with Crippen LogP contribution in [-0.2, 0) is 10.0 Å². The third-order valence-corrected chi connectivity index (χ3v) is 8.07. The zero-order valence-corrected chi connectivity index (χ0v) is 18.8. The maximum atomic E-state index is 13.0. The van der Waals surface area contributed by atoms with E-state index >= 15 is 0 Å². The summed E-state index contributed by atoms with van der Waals surface area (Å²) in [7, 11) is -3.51. The van der Waals surface area contributed by atoms with Crippen LogP contribution in [0.3, 0.4) is 0 Å². The van der Waals surface area contributed by atoms with Crippen molar-refractivity contribution in [2.75, 3.05) is 32.7 Å². The highest BCUT2D eigenvalue weighted by Crippen LogP contribution is 2.26. The fraction of sp³-hybridized carbons (Fsp3) is 0.682. The summed E-state index contributed by atoms with van der Waals surface area (Å²) in [5.74, 6) is 0.617. The van der Waals surface area contributed by atoms with E-state index in [1.807, 2.05) is 0 Å². The first-order valence-electron chi connectivity index (χ1n) is 11.0. The van der Waals surface area contributed by atoms with Crippen LogP contribution in [0.15, 0.2) is 29.2 Å². The molecule has 2 N–H and O–H groups in total. The van der Waals surface area contributed by atoms with Crippen LogP contribution in [0.2, 0.25) is 0 Å². The van der Waals surface area contributed by atoms with Crippen LogP contribution < -0.4 is 10.2 Å². The SMILES string of the molecule is CCC[NH+]1CCC(NC(=O)c2ccc(S(=O)(=O)N3C[C@@H](C)C[C@H](C)C3)cc2)CC1. The van der Waals surface area contributed by atoms with Crippen LogP contribution in [0.1, 0.15) is 56.8 Å². The molecule has 162 valence electrons. The lowest BCUT2D eigenvalue weighted by molar-refractivity contribution is -0.905. The third-order valence-electron chi connectivity index (χ3n) is 6.22. The minimum absolute atomic E-state index is 0.113. The first kappa shape index (κ1) is 22.2. The fourth-order valence-corrected chi connectivity index (χ4v) is 6.45. The molecule has 2 atom stereocenters. The van der Waals surface area contributed by atoms with Gasteiger partial charge in [-0.3, -0.25) is 4.79 Å². The zero-order valence-electron chi connectivity index (χ0n) is 18.0. The summed E-state index contributed by atoms with van der Waals surface area (Å²) in [4.78, 5) is 14.5. The molecule has 29 heavy (non-hydrogen) atoms. The van der Waals surface area contributed by atoms with Crippen molar-refractivity contribution < 1.29 is 18.1 Å². The third kappa shape index (κ3) is 5.58. The molecule has 0 saturated carbocycles. The molecule has 3 rings (SSSR count). The number of quaternary nitrogens is 1. The molecule has 2 saturated heterocycles. The molecule has 1 aromatic rings. The number of benzene rings is 1. The Balaban J connectivity index is 1.60. The van der Waals surface area contributed by atoms with Gasteiger partial charge < -0.3 is 10.2 Å². The molecule has 7 heteroatoms. The Morgan fingerprint density at radius 2 is 1.69 bits per heavy atom. The summed E-state index contributed by atoms with van der Waals surface area (Å²) in [5, 5.41) is 3.12. The van der Waals surface area contributed by atoms with Crippen molar-refractivity contribution in [2.24, 2.45) is 11.8 Å². The number of nitrogens with zero attached hydrogens (tertiary/aromatic N) is 1. The highest BCUT2D eigenvalue weighted by Gasteiger charge is 2.31. The van der Waals surface area contributed by atoms with Gasteiger partial charge in [-0.1, -0.05) is 20.8 Å². The minimum Gasteiger partial charge on any atom is -0.349 e. The number of sulfonamides is 1. The first-order chi connectivity index (χ1) is 13.8. The smallest absolute Gasteiger partial charge is 0.251 e. The molecule has 2 fully saturated rings. The van der Waals surface area contributed by atoms with Gasteiger partial charge in [0.1, 0.15) is 0 Å². The molecule has 2 aliphatic rings. The number of nitrogens with one attached hydrogen (secondary N) is 2. The zero-order chi connectivity index (χ0) is 21.0. The van der Waals surface area contributed by atoms with Crippen molar-refractivity contribution in [3.63, 3.8) is 0 Å². The number of amides is 1. The van der Waals surface area contributed by atoms with Gasteiger partial charge in [0.2, 0.25) is 10.0 Å². The second kappa shape index (κ2) is 9.58. The Morgan fingerprint density at radius 3 is 2.24 bits per heavy atom. The molecule has 0 spiro atoms. The van der Waals surface area contributed by atoms with Crippen molar-refractivity contribution in [3.8, 4) is 0 Å². The van der Waals surface area contributed by atoms with Crippen LogP contribution in [0.5, 0.6) is 0 Å². The summed E-state index contributed by atoms with van der Waals surface area (Å²) < 4.78 is 27.6. The minimum atomic E-state index is -3.51. The lowest BCUT2D eigenvalue weighted by Gasteiger charge is -2.34. The maximum Gasteiger partial charge on any atom is 0.251 e. The van der Waals surface area contributed by atoms with Gasteiger partial charge in [-0.2, -0.15) is 4.31 Å². The average Bonchev–Trinajstić information content (AvgIpc) is 2.69. The number of likely N-dealkylation sites (tertiary alicyclic amines) is 1. The van der Waals surface area contributed by atoms with Crippen LogP contribution in [0.25, 0.3) is 0 Å². The van der Waals surface area contributed by atoms with Crippen molar-refractivity contribution in [1.29, 1.82) is 0 Å². The van der Waals surface area contributed by atoms with E-state index in [9.17, 15) is 13.2 Å². The van der Waals surface area contributed by atoms with Crippen LogP contribution in [0, 0.1) is 11.8 Å². The molecule has 0 aliphatic carbocycles. The van der Waals surface area contributed by atoms with E-state index in [1.54, 1.807) is 33.5 Å². The van der Waals surface area contributed by atoms with Gasteiger partial charge in [-0.05, 0) is 48.9 Å². The normalized spacial score (nSPS) is 28.8. The van der Waals surface area contributed by atoms with Crippen molar-refractivity contribution in [1.82, 2.24) is 9.62 Å². The van der Waals surface area contributed by atoms with E-state index in [2.05, 4.69) is 26.1 Å². The van der Waals surface area contributed by atoms with Crippen LogP contribution in [0.4, 0.5) is 0 Å². The van der Waals surface area contributed by atoms with Gasteiger partial charge in [0, 0.05) is 37.5 Å². The van der Waals surface area contributed by atoms with E-state index in [-0.39, 0.29) is 16.8 Å². The lowest BCUT2D eigenvalue weighted by atomic mass is 9.94.